The van der Waals surface area contributed by atoms with Crippen LogP contribution in [0.3, 0.4) is 0 Å². The van der Waals surface area contributed by atoms with Crippen molar-refractivity contribution in [2.75, 3.05) is 0 Å². The van der Waals surface area contributed by atoms with Crippen LogP contribution in [-0.4, -0.2) is 0 Å². The second-order valence-electron chi connectivity index (χ2n) is 4.73. The van der Waals surface area contributed by atoms with Crippen LogP contribution in [0.5, 0.6) is 0 Å². The first kappa shape index (κ1) is 9.30. The van der Waals surface area contributed by atoms with E-state index < -0.39 is 0 Å². The summed E-state index contributed by atoms with van der Waals surface area (Å²) in [5.74, 6) is 1.05. The maximum Gasteiger partial charge on any atom is -0.0163 e. The summed E-state index contributed by atoms with van der Waals surface area (Å²) in [6.07, 6.45) is 13.1. The highest BCUT2D eigenvalue weighted by Crippen LogP contribution is 2.50. The molecule has 0 spiro atoms. The molecule has 2 aliphatic carbocycles. The zero-order chi connectivity index (χ0) is 9.10. The second-order valence-corrected chi connectivity index (χ2v) is 4.73. The van der Waals surface area contributed by atoms with Gasteiger partial charge in [0.1, 0.15) is 0 Å². The minimum atomic E-state index is 1.05. The van der Waals surface area contributed by atoms with E-state index in [1.165, 1.54) is 57.8 Å². The molecule has 0 radical (unpaired) electrons. The zero-order valence-electron chi connectivity index (χ0n) is 8.94. The summed E-state index contributed by atoms with van der Waals surface area (Å²) in [6.45, 7) is 2.29. The van der Waals surface area contributed by atoms with Gasteiger partial charge in [0.2, 0.25) is 0 Å². The molecule has 0 aromatic heterocycles. The Morgan fingerprint density at radius 3 is 2.54 bits per heavy atom. The van der Waals surface area contributed by atoms with E-state index >= 15 is 0 Å². The van der Waals surface area contributed by atoms with E-state index in [-0.39, 0.29) is 0 Å². The van der Waals surface area contributed by atoms with Crippen LogP contribution >= 0.6 is 0 Å². The molecule has 0 bridgehead atoms. The van der Waals surface area contributed by atoms with Crippen molar-refractivity contribution in [1.82, 2.24) is 0 Å². The van der Waals surface area contributed by atoms with Crippen LogP contribution in [0.15, 0.2) is 11.1 Å². The van der Waals surface area contributed by atoms with Crippen LogP contribution in [0.4, 0.5) is 0 Å². The topological polar surface area (TPSA) is 0 Å². The summed E-state index contributed by atoms with van der Waals surface area (Å²) in [7, 11) is 0. The van der Waals surface area contributed by atoms with Crippen molar-refractivity contribution in [2.24, 2.45) is 5.92 Å². The van der Waals surface area contributed by atoms with Crippen molar-refractivity contribution < 1.29 is 0 Å². The lowest BCUT2D eigenvalue weighted by Gasteiger charge is -1.97. The molecule has 0 heterocycles. The number of hydrogen-bond donors (Lipinski definition) is 0. The van der Waals surface area contributed by atoms with Gasteiger partial charge in [-0.25, -0.2) is 0 Å². The van der Waals surface area contributed by atoms with Gasteiger partial charge in [0.15, 0.2) is 0 Å². The van der Waals surface area contributed by atoms with E-state index in [0.717, 1.165) is 5.92 Å². The van der Waals surface area contributed by atoms with Crippen LogP contribution in [0.1, 0.15) is 64.7 Å². The summed E-state index contributed by atoms with van der Waals surface area (Å²) >= 11 is 0. The molecular formula is C13H22. The van der Waals surface area contributed by atoms with Gasteiger partial charge in [-0.15, -0.1) is 0 Å². The summed E-state index contributed by atoms with van der Waals surface area (Å²) < 4.78 is 0. The normalized spacial score (nSPS) is 25.2. The standard InChI is InChI=1S/C13H22/c1-2-3-4-5-6-7-12-10-13(12)11-8-9-11/h12H,2-10H2,1H3. The third kappa shape index (κ3) is 2.86. The summed E-state index contributed by atoms with van der Waals surface area (Å²) in [6, 6.07) is 0. The molecule has 1 atom stereocenters. The lowest BCUT2D eigenvalue weighted by Crippen LogP contribution is -1.80. The van der Waals surface area contributed by atoms with Crippen molar-refractivity contribution in [3.05, 3.63) is 11.1 Å². The monoisotopic (exact) mass is 178 g/mol. The summed E-state index contributed by atoms with van der Waals surface area (Å²) in [5, 5.41) is 0. The second kappa shape index (κ2) is 4.30. The molecule has 1 unspecified atom stereocenters. The first-order valence-electron chi connectivity index (χ1n) is 6.12. The molecule has 0 aromatic rings. The molecule has 2 rings (SSSR count). The lowest BCUT2D eigenvalue weighted by atomic mass is 10.1. The molecule has 13 heavy (non-hydrogen) atoms. The maximum absolute atomic E-state index is 2.29. The van der Waals surface area contributed by atoms with Gasteiger partial charge in [0, 0.05) is 0 Å². The van der Waals surface area contributed by atoms with Crippen molar-refractivity contribution >= 4 is 0 Å². The van der Waals surface area contributed by atoms with E-state index in [1.54, 1.807) is 0 Å². The van der Waals surface area contributed by atoms with Gasteiger partial charge in [-0.2, -0.15) is 0 Å². The number of hydrogen-bond acceptors (Lipinski definition) is 0. The molecule has 0 amide bonds. The zero-order valence-corrected chi connectivity index (χ0v) is 8.94. The van der Waals surface area contributed by atoms with Crippen LogP contribution in [-0.2, 0) is 0 Å². The van der Waals surface area contributed by atoms with Crippen molar-refractivity contribution in [2.45, 2.75) is 64.7 Å². The molecule has 74 valence electrons. The minimum absolute atomic E-state index is 1.05. The molecule has 0 nitrogen and oxygen atoms in total. The Bertz CT molecular complexity index is 194. The Morgan fingerprint density at radius 1 is 1.08 bits per heavy atom. The molecule has 2 aliphatic rings. The molecular weight excluding hydrogens is 156 g/mol. The van der Waals surface area contributed by atoms with Gasteiger partial charge in [0.25, 0.3) is 0 Å². The smallest absolute Gasteiger partial charge is 0.0163 e. The Labute approximate surface area is 82.4 Å². The SMILES string of the molecule is CCCCCCCC1CC1=C1CC1. The molecule has 2 saturated carbocycles. The predicted octanol–water partition coefficient (Wildman–Crippen LogP) is 4.46. The highest BCUT2D eigenvalue weighted by molar-refractivity contribution is 5.36. The Balaban J connectivity index is 1.48. The van der Waals surface area contributed by atoms with Gasteiger partial charge >= 0.3 is 0 Å². The van der Waals surface area contributed by atoms with Crippen LogP contribution in [0.2, 0.25) is 0 Å². The average molecular weight is 178 g/mol. The van der Waals surface area contributed by atoms with Gasteiger partial charge in [-0.3, -0.25) is 0 Å². The molecule has 0 N–H and O–H groups in total. The van der Waals surface area contributed by atoms with Crippen molar-refractivity contribution in [1.29, 1.82) is 0 Å². The van der Waals surface area contributed by atoms with Gasteiger partial charge in [-0.1, -0.05) is 50.2 Å². The quantitative estimate of drug-likeness (QED) is 0.416. The van der Waals surface area contributed by atoms with Gasteiger partial charge < -0.3 is 0 Å². The number of allylic oxidation sites excluding steroid dienone is 2. The van der Waals surface area contributed by atoms with E-state index in [9.17, 15) is 0 Å². The molecule has 0 heteroatoms. The highest BCUT2D eigenvalue weighted by Gasteiger charge is 2.34. The van der Waals surface area contributed by atoms with E-state index in [1.807, 2.05) is 11.1 Å². The fraction of sp³-hybridized carbons (Fsp3) is 0.846. The van der Waals surface area contributed by atoms with Gasteiger partial charge in [0.05, 0.1) is 0 Å². The van der Waals surface area contributed by atoms with Crippen LogP contribution in [0, 0.1) is 5.92 Å². The third-order valence-corrected chi connectivity index (χ3v) is 3.41. The number of unbranched alkanes of at least 4 members (excludes halogenated alkanes) is 4. The first-order chi connectivity index (χ1) is 6.42. The van der Waals surface area contributed by atoms with E-state index in [2.05, 4.69) is 6.92 Å². The van der Waals surface area contributed by atoms with Crippen LogP contribution < -0.4 is 0 Å². The largest absolute Gasteiger partial charge is 0.0701 e. The Hall–Kier alpha value is -0.260. The third-order valence-electron chi connectivity index (χ3n) is 3.41. The molecule has 2 fully saturated rings. The van der Waals surface area contributed by atoms with Gasteiger partial charge in [-0.05, 0) is 31.6 Å². The maximum atomic E-state index is 2.29. The van der Waals surface area contributed by atoms with E-state index in [4.69, 9.17) is 0 Å². The Kier molecular flexibility index (Phi) is 3.08. The fourth-order valence-electron chi connectivity index (χ4n) is 2.29. The Morgan fingerprint density at radius 2 is 1.85 bits per heavy atom. The average Bonchev–Trinajstić information content (AvgIpc) is 2.98. The molecule has 0 saturated heterocycles. The summed E-state index contributed by atoms with van der Waals surface area (Å²) in [5.41, 5.74) is 3.70. The van der Waals surface area contributed by atoms with E-state index in [0.29, 0.717) is 0 Å². The minimum Gasteiger partial charge on any atom is -0.0701 e. The number of rotatable bonds is 6. The first-order valence-corrected chi connectivity index (χ1v) is 6.12. The predicted molar refractivity (Wildman–Crippen MR) is 57.7 cm³/mol. The van der Waals surface area contributed by atoms with Crippen LogP contribution in [0.25, 0.3) is 0 Å². The molecule has 0 aliphatic heterocycles. The van der Waals surface area contributed by atoms with Crippen molar-refractivity contribution in [3.63, 3.8) is 0 Å². The molecule has 0 aromatic carbocycles. The highest BCUT2D eigenvalue weighted by atomic mass is 14.4. The van der Waals surface area contributed by atoms with Crippen molar-refractivity contribution in [3.8, 4) is 0 Å². The fourth-order valence-corrected chi connectivity index (χ4v) is 2.29. The lowest BCUT2D eigenvalue weighted by molar-refractivity contribution is 0.587. The summed E-state index contributed by atoms with van der Waals surface area (Å²) in [4.78, 5) is 0.